The molecular weight excluding hydrogens is 416 g/mol. The van der Waals surface area contributed by atoms with Gasteiger partial charge >= 0.3 is 5.97 Å². The third-order valence-corrected chi connectivity index (χ3v) is 8.86. The largest absolute Gasteiger partial charge is 0.480 e. The van der Waals surface area contributed by atoms with Crippen molar-refractivity contribution < 1.29 is 19.8 Å². The number of likely N-dealkylation sites (tertiary alicyclic amines) is 2. The summed E-state index contributed by atoms with van der Waals surface area (Å²) in [6, 6.07) is -0.718. The van der Waals surface area contributed by atoms with Gasteiger partial charge in [-0.15, -0.1) is 0 Å². The highest BCUT2D eigenvalue weighted by Crippen LogP contribution is 2.58. The van der Waals surface area contributed by atoms with Crippen LogP contribution >= 0.6 is 0 Å². The molecule has 2 saturated heterocycles. The Morgan fingerprint density at radius 3 is 2.64 bits per heavy atom. The van der Waals surface area contributed by atoms with Crippen LogP contribution in [0.1, 0.15) is 65.2 Å². The molecule has 0 aromatic carbocycles. The fourth-order valence-corrected chi connectivity index (χ4v) is 6.67. The lowest BCUT2D eigenvalue weighted by Gasteiger charge is -2.62. The molecule has 2 N–H and O–H groups in total. The van der Waals surface area contributed by atoms with Gasteiger partial charge in [0.05, 0.1) is 5.60 Å². The van der Waals surface area contributed by atoms with Crippen LogP contribution in [0.2, 0.25) is 0 Å². The van der Waals surface area contributed by atoms with E-state index < -0.39 is 23.0 Å². The molecule has 2 aliphatic heterocycles. The summed E-state index contributed by atoms with van der Waals surface area (Å²) in [4.78, 5) is 28.5. The Kier molecular flexibility index (Phi) is 6.62. The second-order valence-corrected chi connectivity index (χ2v) is 11.2. The first kappa shape index (κ1) is 24.2. The summed E-state index contributed by atoms with van der Waals surface area (Å²) in [6.45, 7) is 15.0. The fourth-order valence-electron chi connectivity index (χ4n) is 6.67. The van der Waals surface area contributed by atoms with E-state index in [0.29, 0.717) is 19.4 Å². The number of allylic oxidation sites excluding steroid dienone is 2. The molecule has 4 fully saturated rings. The Bertz CT molecular complexity index is 862. The molecule has 2 saturated carbocycles. The quantitative estimate of drug-likeness (QED) is 0.581. The third kappa shape index (κ3) is 4.32. The number of fused-ring (bicyclic) bond motifs is 2. The van der Waals surface area contributed by atoms with Gasteiger partial charge < -0.3 is 15.1 Å². The Hall–Kier alpha value is -1.92. The number of aliphatic hydroxyl groups is 1. The molecule has 0 aromatic heterocycles. The number of hydrogen-bond acceptors (Lipinski definition) is 4. The van der Waals surface area contributed by atoms with Crippen LogP contribution in [0.3, 0.4) is 0 Å². The summed E-state index contributed by atoms with van der Waals surface area (Å²) in [7, 11) is 0. The van der Waals surface area contributed by atoms with E-state index in [1.54, 1.807) is 0 Å². The highest BCUT2D eigenvalue weighted by molar-refractivity contribution is 5.84. The first-order valence-corrected chi connectivity index (χ1v) is 12.6. The van der Waals surface area contributed by atoms with E-state index in [1.165, 1.54) is 23.3 Å². The minimum atomic E-state index is -0.980. The van der Waals surface area contributed by atoms with Gasteiger partial charge in [0.1, 0.15) is 6.04 Å². The van der Waals surface area contributed by atoms with Crippen molar-refractivity contribution in [2.24, 2.45) is 17.3 Å². The number of carboxylic acid groups (broad SMARTS) is 1. The maximum absolute atomic E-state index is 13.0. The number of carboxylic acids is 1. The number of aliphatic carboxylic acids is 1. The van der Waals surface area contributed by atoms with Gasteiger partial charge in [0.15, 0.2) is 0 Å². The van der Waals surface area contributed by atoms with Crippen LogP contribution < -0.4 is 0 Å². The Balaban J connectivity index is 1.55. The SMILES string of the molecule is C=C/C=C1/C[C@H]2N(CC3CC3)CC[C@@](C)(C1=C)[C@@]2(O)C[C@@H](C)CC(=O)N1CCC[C@H]1C(=O)O. The van der Waals surface area contributed by atoms with Gasteiger partial charge in [-0.1, -0.05) is 39.2 Å². The smallest absolute Gasteiger partial charge is 0.326 e. The van der Waals surface area contributed by atoms with Crippen molar-refractivity contribution in [1.29, 1.82) is 0 Å². The molecular formula is C27H40N2O4. The number of amides is 1. The van der Waals surface area contributed by atoms with Gasteiger partial charge in [0, 0.05) is 31.0 Å². The molecule has 4 aliphatic rings. The first-order valence-electron chi connectivity index (χ1n) is 12.6. The number of carbonyl (C=O) groups is 2. The van der Waals surface area contributed by atoms with Gasteiger partial charge in [-0.25, -0.2) is 4.79 Å². The molecule has 33 heavy (non-hydrogen) atoms. The number of hydrogen-bond donors (Lipinski definition) is 2. The van der Waals surface area contributed by atoms with E-state index in [-0.39, 0.29) is 24.3 Å². The maximum atomic E-state index is 13.0. The second kappa shape index (κ2) is 9.03. The number of nitrogens with zero attached hydrogens (tertiary/aromatic N) is 2. The zero-order valence-corrected chi connectivity index (χ0v) is 20.3. The monoisotopic (exact) mass is 456 g/mol. The molecule has 2 bridgehead atoms. The summed E-state index contributed by atoms with van der Waals surface area (Å²) in [5, 5.41) is 21.8. The summed E-state index contributed by atoms with van der Waals surface area (Å²) in [6.07, 6.45) is 10.0. The zero-order chi connectivity index (χ0) is 24.0. The molecule has 6 heteroatoms. The van der Waals surface area contributed by atoms with E-state index in [9.17, 15) is 19.8 Å². The highest BCUT2D eigenvalue weighted by Gasteiger charge is 2.61. The highest BCUT2D eigenvalue weighted by atomic mass is 16.4. The Labute approximate surface area is 198 Å². The summed E-state index contributed by atoms with van der Waals surface area (Å²) in [5.41, 5.74) is 0.732. The molecule has 2 heterocycles. The Morgan fingerprint density at radius 2 is 2.00 bits per heavy atom. The molecule has 0 aromatic rings. The molecule has 1 amide bonds. The van der Waals surface area contributed by atoms with Gasteiger partial charge in [-0.3, -0.25) is 9.69 Å². The molecule has 0 spiro atoms. The van der Waals surface area contributed by atoms with E-state index in [1.807, 2.05) is 19.1 Å². The van der Waals surface area contributed by atoms with E-state index >= 15 is 0 Å². The summed E-state index contributed by atoms with van der Waals surface area (Å²) in [5.74, 6) is -0.353. The molecule has 0 radical (unpaired) electrons. The summed E-state index contributed by atoms with van der Waals surface area (Å²) < 4.78 is 0. The van der Waals surface area contributed by atoms with Gasteiger partial charge in [-0.05, 0) is 74.5 Å². The van der Waals surface area contributed by atoms with Crippen molar-refractivity contribution in [1.82, 2.24) is 9.80 Å². The predicted octanol–water partition coefficient (Wildman–Crippen LogP) is 3.77. The fraction of sp³-hybridized carbons (Fsp3) is 0.704. The third-order valence-electron chi connectivity index (χ3n) is 8.86. The molecule has 6 nitrogen and oxygen atoms in total. The topological polar surface area (TPSA) is 81.1 Å². The summed E-state index contributed by atoms with van der Waals surface area (Å²) >= 11 is 0. The number of carbonyl (C=O) groups excluding carboxylic acids is 1. The van der Waals surface area contributed by atoms with Crippen LogP contribution in [0.5, 0.6) is 0 Å². The van der Waals surface area contributed by atoms with Crippen LogP contribution in [0.15, 0.2) is 36.5 Å². The van der Waals surface area contributed by atoms with E-state index in [0.717, 1.165) is 43.8 Å². The average molecular weight is 457 g/mol. The molecule has 4 rings (SSSR count). The van der Waals surface area contributed by atoms with Crippen LogP contribution in [0, 0.1) is 17.3 Å². The van der Waals surface area contributed by atoms with Crippen molar-refractivity contribution in [3.8, 4) is 0 Å². The minimum Gasteiger partial charge on any atom is -0.480 e. The molecule has 0 unspecified atom stereocenters. The van der Waals surface area contributed by atoms with Crippen molar-refractivity contribution in [2.75, 3.05) is 19.6 Å². The number of piperidine rings is 1. The molecule has 182 valence electrons. The zero-order valence-electron chi connectivity index (χ0n) is 20.3. The van der Waals surface area contributed by atoms with E-state index in [2.05, 4.69) is 25.0 Å². The standard InChI is InChI=1S/C27H40N2O4/c1-5-7-21-15-23-27(33,26(4,19(21)3)11-13-28(23)17-20-9-10-20)16-18(2)14-24(30)29-12-6-8-22(29)25(31)32/h5,7,18,20,22-23,33H,1,3,6,8-17H2,2,4H3,(H,31,32)/b21-7-/t18-,22-,23+,26-,27+/m0/s1. The van der Waals surface area contributed by atoms with Gasteiger partial charge in [0.25, 0.3) is 0 Å². The van der Waals surface area contributed by atoms with Crippen LogP contribution in [-0.2, 0) is 9.59 Å². The van der Waals surface area contributed by atoms with Crippen molar-refractivity contribution >= 4 is 11.9 Å². The van der Waals surface area contributed by atoms with Crippen molar-refractivity contribution in [3.63, 3.8) is 0 Å². The van der Waals surface area contributed by atoms with Gasteiger partial charge in [0.2, 0.25) is 5.91 Å². The van der Waals surface area contributed by atoms with Crippen LogP contribution in [0.25, 0.3) is 0 Å². The Morgan fingerprint density at radius 1 is 1.27 bits per heavy atom. The van der Waals surface area contributed by atoms with E-state index in [4.69, 9.17) is 0 Å². The van der Waals surface area contributed by atoms with Crippen molar-refractivity contribution in [2.45, 2.75) is 82.9 Å². The van der Waals surface area contributed by atoms with Gasteiger partial charge in [-0.2, -0.15) is 0 Å². The second-order valence-electron chi connectivity index (χ2n) is 11.2. The normalized spacial score (nSPS) is 36.8. The lowest BCUT2D eigenvalue weighted by molar-refractivity contribution is -0.172. The molecule has 2 aliphatic carbocycles. The lowest BCUT2D eigenvalue weighted by atomic mass is 9.52. The maximum Gasteiger partial charge on any atom is 0.326 e. The lowest BCUT2D eigenvalue weighted by Crippen LogP contribution is -2.69. The average Bonchev–Trinajstić information content (AvgIpc) is 3.41. The van der Waals surface area contributed by atoms with Crippen molar-refractivity contribution in [3.05, 3.63) is 36.5 Å². The minimum absolute atomic E-state index is 0.00958. The van der Waals surface area contributed by atoms with Crippen LogP contribution in [0.4, 0.5) is 0 Å². The van der Waals surface area contributed by atoms with Crippen LogP contribution in [-0.4, -0.2) is 69.2 Å². The first-order chi connectivity index (χ1) is 15.6. The predicted molar refractivity (Wildman–Crippen MR) is 129 cm³/mol. The molecule has 5 atom stereocenters. The number of rotatable bonds is 8.